The zero-order chi connectivity index (χ0) is 22.3. The first-order chi connectivity index (χ1) is 14.3. The second kappa shape index (κ2) is 11.0. The third kappa shape index (κ3) is 6.22. The molecule has 10 heteroatoms. The first-order valence-electron chi connectivity index (χ1n) is 9.18. The zero-order valence-electron chi connectivity index (χ0n) is 16.6. The Morgan fingerprint density at radius 1 is 1.27 bits per heavy atom. The number of aromatic nitrogens is 1. The molecule has 0 aliphatic carbocycles. The molecule has 2 rings (SSSR count). The number of ether oxygens (including phenoxy) is 2. The number of rotatable bonds is 9. The molecule has 2 aromatic rings. The van der Waals surface area contributed by atoms with Gasteiger partial charge >= 0.3 is 5.97 Å². The number of nitrogens with two attached hydrogens (primary N) is 1. The number of hydrogen-bond donors (Lipinski definition) is 2. The third-order valence-electron chi connectivity index (χ3n) is 4.16. The lowest BCUT2D eigenvalue weighted by Gasteiger charge is -2.28. The molecule has 3 N–H and O–H groups in total. The predicted molar refractivity (Wildman–Crippen MR) is 115 cm³/mol. The number of anilines is 2. The summed E-state index contributed by atoms with van der Waals surface area (Å²) in [5.74, 6) is -0.287. The molecule has 30 heavy (non-hydrogen) atoms. The summed E-state index contributed by atoms with van der Waals surface area (Å²) in [6.45, 7) is 2.94. The maximum absolute atomic E-state index is 12.4. The van der Waals surface area contributed by atoms with Gasteiger partial charge < -0.3 is 20.3 Å². The zero-order valence-corrected chi connectivity index (χ0v) is 18.1. The van der Waals surface area contributed by atoms with Crippen molar-refractivity contribution in [3.05, 3.63) is 46.1 Å². The van der Waals surface area contributed by atoms with Crippen LogP contribution in [-0.2, 0) is 20.7 Å². The van der Waals surface area contributed by atoms with E-state index in [1.807, 2.05) is 12.1 Å². The Bertz CT molecular complexity index is 870. The van der Waals surface area contributed by atoms with Crippen molar-refractivity contribution in [3.63, 3.8) is 0 Å². The molecule has 0 radical (unpaired) electrons. The van der Waals surface area contributed by atoms with Gasteiger partial charge in [-0.3, -0.25) is 9.69 Å². The number of aliphatic hydroxyl groups excluding tert-OH is 1. The molecule has 0 aliphatic rings. The van der Waals surface area contributed by atoms with E-state index in [9.17, 15) is 14.7 Å². The number of halogens is 2. The van der Waals surface area contributed by atoms with Crippen molar-refractivity contribution in [1.82, 2.24) is 4.98 Å². The van der Waals surface area contributed by atoms with Gasteiger partial charge in [-0.2, -0.15) is 0 Å². The van der Waals surface area contributed by atoms with Gasteiger partial charge in [-0.15, -0.1) is 0 Å². The monoisotopic (exact) mass is 455 g/mol. The van der Waals surface area contributed by atoms with Crippen molar-refractivity contribution in [1.29, 1.82) is 0 Å². The highest BCUT2D eigenvalue weighted by Gasteiger charge is 2.24. The van der Waals surface area contributed by atoms with Crippen LogP contribution in [0.5, 0.6) is 5.75 Å². The second-order valence-corrected chi connectivity index (χ2v) is 7.14. The van der Waals surface area contributed by atoms with Crippen LogP contribution >= 0.6 is 23.2 Å². The second-order valence-electron chi connectivity index (χ2n) is 6.38. The van der Waals surface area contributed by atoms with Gasteiger partial charge in [0.25, 0.3) is 5.91 Å². The molecular formula is C20H23Cl2N3O5. The highest BCUT2D eigenvalue weighted by Crippen LogP contribution is 2.31. The van der Waals surface area contributed by atoms with Gasteiger partial charge in [0.15, 0.2) is 11.8 Å². The lowest BCUT2D eigenvalue weighted by Crippen LogP contribution is -2.42. The molecule has 1 aromatic carbocycles. The quantitative estimate of drug-likeness (QED) is 0.441. The van der Waals surface area contributed by atoms with Crippen LogP contribution < -0.4 is 15.4 Å². The van der Waals surface area contributed by atoms with Crippen LogP contribution in [0.3, 0.4) is 0 Å². The maximum Gasteiger partial charge on any atom is 0.344 e. The number of pyridine rings is 1. The smallest absolute Gasteiger partial charge is 0.344 e. The van der Waals surface area contributed by atoms with Gasteiger partial charge in [0.1, 0.15) is 18.2 Å². The van der Waals surface area contributed by atoms with E-state index in [4.69, 9.17) is 38.4 Å². The normalized spacial score (nSPS) is 11.6. The first kappa shape index (κ1) is 23.7. The molecular weight excluding hydrogens is 433 g/mol. The first-order valence-corrected chi connectivity index (χ1v) is 9.94. The number of aliphatic hydroxyl groups is 1. The predicted octanol–water partition coefficient (Wildman–Crippen LogP) is 2.87. The van der Waals surface area contributed by atoms with E-state index in [1.54, 1.807) is 26.0 Å². The average Bonchev–Trinajstić information content (AvgIpc) is 2.71. The average molecular weight is 456 g/mol. The minimum atomic E-state index is -0.702. The third-order valence-corrected chi connectivity index (χ3v) is 4.76. The summed E-state index contributed by atoms with van der Waals surface area (Å²) in [5.41, 5.74) is 6.73. The molecule has 8 nitrogen and oxygen atoms in total. The summed E-state index contributed by atoms with van der Waals surface area (Å²) >= 11 is 12.1. The Labute approximate surface area is 184 Å². The Morgan fingerprint density at radius 3 is 2.50 bits per heavy atom. The molecule has 0 bridgehead atoms. The summed E-state index contributed by atoms with van der Waals surface area (Å²) in [7, 11) is 0. The van der Waals surface area contributed by atoms with E-state index >= 15 is 0 Å². The van der Waals surface area contributed by atoms with Crippen LogP contribution in [0, 0.1) is 0 Å². The van der Waals surface area contributed by atoms with Gasteiger partial charge in [-0.25, -0.2) is 9.78 Å². The van der Waals surface area contributed by atoms with Gasteiger partial charge in [0.2, 0.25) is 0 Å². The highest BCUT2D eigenvalue weighted by atomic mass is 35.5. The largest absolute Gasteiger partial charge is 0.482 e. The highest BCUT2D eigenvalue weighted by molar-refractivity contribution is 6.38. The number of hydrogen-bond acceptors (Lipinski definition) is 7. The fraction of sp³-hybridized carbons (Fsp3) is 0.350. The molecule has 0 saturated carbocycles. The van der Waals surface area contributed by atoms with Crippen molar-refractivity contribution in [2.24, 2.45) is 0 Å². The van der Waals surface area contributed by atoms with Crippen LogP contribution in [0.15, 0.2) is 30.3 Å². The summed E-state index contributed by atoms with van der Waals surface area (Å²) in [6.07, 6.45) is 0.450. The van der Waals surface area contributed by atoms with Crippen molar-refractivity contribution in [3.8, 4) is 5.75 Å². The lowest BCUT2D eigenvalue weighted by atomic mass is 10.1. The van der Waals surface area contributed by atoms with Crippen molar-refractivity contribution in [2.75, 3.05) is 30.5 Å². The van der Waals surface area contributed by atoms with Gasteiger partial charge in [-0.05, 0) is 38.0 Å². The minimum Gasteiger partial charge on any atom is -0.482 e. The Balaban J connectivity index is 2.13. The number of benzene rings is 1. The number of carbonyl (C=O) groups excluding carboxylic acids is 2. The van der Waals surface area contributed by atoms with E-state index < -0.39 is 18.5 Å². The van der Waals surface area contributed by atoms with Crippen molar-refractivity contribution < 1.29 is 24.2 Å². The molecule has 0 aliphatic heterocycles. The molecule has 1 heterocycles. The Morgan fingerprint density at radius 2 is 1.93 bits per heavy atom. The van der Waals surface area contributed by atoms with Crippen molar-refractivity contribution in [2.45, 2.75) is 26.3 Å². The maximum atomic E-state index is 12.4. The summed E-state index contributed by atoms with van der Waals surface area (Å²) < 4.78 is 10.2. The number of esters is 1. The van der Waals surface area contributed by atoms with Crippen LogP contribution in [0.4, 0.5) is 11.5 Å². The fourth-order valence-electron chi connectivity index (χ4n) is 2.78. The van der Waals surface area contributed by atoms with E-state index in [2.05, 4.69) is 4.98 Å². The SMILES string of the molecule is CCOC(=O)COc1ccc(CC(C)N(C(=O)CO)c2cc(Cl)c(N)c(Cl)n2)cc1. The minimum absolute atomic E-state index is 0.0245. The lowest BCUT2D eigenvalue weighted by molar-refractivity contribution is -0.145. The van der Waals surface area contributed by atoms with E-state index in [-0.39, 0.29) is 34.3 Å². The molecule has 1 amide bonds. The van der Waals surface area contributed by atoms with E-state index in [0.717, 1.165) is 5.56 Å². The summed E-state index contributed by atoms with van der Waals surface area (Å²) in [6, 6.07) is 8.12. The summed E-state index contributed by atoms with van der Waals surface area (Å²) in [5, 5.41) is 9.53. The number of nitrogens with zero attached hydrogens (tertiary/aromatic N) is 2. The number of amides is 1. The molecule has 0 fully saturated rings. The Hall–Kier alpha value is -2.55. The van der Waals surface area contributed by atoms with Gasteiger partial charge in [0.05, 0.1) is 17.3 Å². The van der Waals surface area contributed by atoms with E-state index in [0.29, 0.717) is 18.8 Å². The molecule has 1 atom stereocenters. The van der Waals surface area contributed by atoms with Crippen LogP contribution in [-0.4, -0.2) is 47.8 Å². The van der Waals surface area contributed by atoms with Gasteiger partial charge in [-0.1, -0.05) is 35.3 Å². The molecule has 0 spiro atoms. The molecule has 1 unspecified atom stereocenters. The standard InChI is InChI=1S/C20H23Cl2N3O5/c1-3-29-18(28)11-30-14-6-4-13(5-7-14)8-12(2)25(17(27)10-26)16-9-15(21)19(23)20(22)24-16/h4-7,9,12,26H,3,8,10-11,23H2,1-2H3. The summed E-state index contributed by atoms with van der Waals surface area (Å²) in [4.78, 5) is 29.2. The molecule has 0 saturated heterocycles. The Kier molecular flexibility index (Phi) is 8.71. The van der Waals surface area contributed by atoms with Crippen LogP contribution in [0.25, 0.3) is 0 Å². The van der Waals surface area contributed by atoms with Crippen LogP contribution in [0.2, 0.25) is 10.2 Å². The molecule has 162 valence electrons. The topological polar surface area (TPSA) is 115 Å². The molecule has 1 aromatic heterocycles. The van der Waals surface area contributed by atoms with Gasteiger partial charge in [0, 0.05) is 12.1 Å². The fourth-order valence-corrected chi connectivity index (χ4v) is 3.20. The van der Waals surface area contributed by atoms with Crippen molar-refractivity contribution >= 4 is 46.6 Å². The number of nitrogen functional groups attached to an aromatic ring is 1. The van der Waals surface area contributed by atoms with E-state index in [1.165, 1.54) is 11.0 Å². The van der Waals surface area contributed by atoms with Crippen LogP contribution in [0.1, 0.15) is 19.4 Å². The number of carbonyl (C=O) groups is 2.